The summed E-state index contributed by atoms with van der Waals surface area (Å²) in [6, 6.07) is 0. The van der Waals surface area contributed by atoms with E-state index < -0.39 is 11.9 Å². The predicted octanol–water partition coefficient (Wildman–Crippen LogP) is 9.37. The molecule has 2 N–H and O–H groups in total. The van der Waals surface area contributed by atoms with Crippen LogP contribution in [0.3, 0.4) is 0 Å². The highest BCUT2D eigenvalue weighted by Gasteiger charge is 2.11. The lowest BCUT2D eigenvalue weighted by molar-refractivity contribution is -0.137. The Balaban J connectivity index is 4.50. The first kappa shape index (κ1) is 37.1. The van der Waals surface area contributed by atoms with Crippen molar-refractivity contribution in [2.24, 2.45) is 9.98 Å². The molecular formula is C32H60N2O5. The van der Waals surface area contributed by atoms with Crippen LogP contribution in [0.5, 0.6) is 0 Å². The molecule has 0 spiro atoms. The number of hydrogen-bond donors (Lipinski definition) is 2. The van der Waals surface area contributed by atoms with Gasteiger partial charge in [0.1, 0.15) is 0 Å². The number of carbonyl (C=O) groups is 2. The molecule has 0 saturated carbocycles. The van der Waals surface area contributed by atoms with Gasteiger partial charge in [-0.1, -0.05) is 129 Å². The van der Waals surface area contributed by atoms with Crippen LogP contribution >= 0.6 is 0 Å². The normalized spacial score (nSPS) is 12.2. The van der Waals surface area contributed by atoms with E-state index in [1.165, 1.54) is 103 Å². The summed E-state index contributed by atoms with van der Waals surface area (Å²) in [6.45, 7) is 5.67. The van der Waals surface area contributed by atoms with Crippen molar-refractivity contribution in [2.45, 2.75) is 168 Å². The number of nitrogens with zero attached hydrogens (tertiary/aromatic N) is 2. The second-order valence-electron chi connectivity index (χ2n) is 10.8. The molecule has 0 aliphatic heterocycles. The molecular weight excluding hydrogens is 492 g/mol. The highest BCUT2D eigenvalue weighted by Crippen LogP contribution is 2.12. The van der Waals surface area contributed by atoms with Gasteiger partial charge in [0.2, 0.25) is 0 Å². The summed E-state index contributed by atoms with van der Waals surface area (Å²) in [4.78, 5) is 31.3. The number of aliphatic imine (C=N–C) groups is 2. The Morgan fingerprint density at radius 2 is 0.744 bits per heavy atom. The molecule has 0 amide bonds. The highest BCUT2D eigenvalue weighted by molar-refractivity contribution is 5.93. The molecule has 0 aromatic carbocycles. The van der Waals surface area contributed by atoms with Crippen LogP contribution in [-0.4, -0.2) is 47.0 Å². The minimum atomic E-state index is -0.903. The third-order valence-corrected chi connectivity index (χ3v) is 6.94. The second-order valence-corrected chi connectivity index (χ2v) is 10.8. The maximum atomic E-state index is 11.1. The van der Waals surface area contributed by atoms with Gasteiger partial charge in [0.15, 0.2) is 11.8 Å². The molecule has 0 aromatic rings. The molecule has 0 saturated heterocycles. The lowest BCUT2D eigenvalue weighted by Gasteiger charge is -2.11. The van der Waals surface area contributed by atoms with Gasteiger partial charge in [0, 0.05) is 25.9 Å². The van der Waals surface area contributed by atoms with Gasteiger partial charge in [-0.05, 0) is 12.8 Å². The van der Waals surface area contributed by atoms with E-state index >= 15 is 0 Å². The minimum absolute atomic E-state index is 0.0679. The van der Waals surface area contributed by atoms with E-state index in [4.69, 9.17) is 14.9 Å². The predicted molar refractivity (Wildman–Crippen MR) is 163 cm³/mol. The zero-order valence-electron chi connectivity index (χ0n) is 25.4. The van der Waals surface area contributed by atoms with Crippen LogP contribution in [0.25, 0.3) is 0 Å². The first-order valence-electron chi connectivity index (χ1n) is 16.2. The Morgan fingerprint density at radius 3 is 1.03 bits per heavy atom. The quantitative estimate of drug-likeness (QED) is 0.0571. The molecule has 0 aromatic heterocycles. The molecule has 0 bridgehead atoms. The molecule has 0 unspecified atom stereocenters. The van der Waals surface area contributed by atoms with Crippen molar-refractivity contribution in [2.75, 3.05) is 13.1 Å². The second kappa shape index (κ2) is 29.1. The number of ether oxygens (including phenoxy) is 1. The van der Waals surface area contributed by atoms with Crippen molar-refractivity contribution < 1.29 is 24.5 Å². The fourth-order valence-corrected chi connectivity index (χ4v) is 4.49. The minimum Gasteiger partial charge on any atom is -0.481 e. The first-order chi connectivity index (χ1) is 19.0. The number of carboxylic acid groups (broad SMARTS) is 2. The summed E-state index contributed by atoms with van der Waals surface area (Å²) < 4.78 is 5.91. The van der Waals surface area contributed by atoms with Gasteiger partial charge in [0.05, 0.1) is 12.8 Å². The van der Waals surface area contributed by atoms with E-state index in [0.29, 0.717) is 24.9 Å². The third-order valence-electron chi connectivity index (χ3n) is 6.94. The maximum absolute atomic E-state index is 11.1. The summed E-state index contributed by atoms with van der Waals surface area (Å²) in [6.07, 6.45) is 25.1. The van der Waals surface area contributed by atoms with E-state index in [9.17, 15) is 9.59 Å². The van der Waals surface area contributed by atoms with Crippen molar-refractivity contribution in [3.8, 4) is 0 Å². The highest BCUT2D eigenvalue weighted by atomic mass is 16.5. The molecule has 7 heteroatoms. The Morgan fingerprint density at radius 1 is 0.462 bits per heavy atom. The third kappa shape index (κ3) is 28.9. The van der Waals surface area contributed by atoms with Crippen LogP contribution in [0, 0.1) is 0 Å². The van der Waals surface area contributed by atoms with Crippen LogP contribution in [0.2, 0.25) is 0 Å². The van der Waals surface area contributed by atoms with Gasteiger partial charge in [0.25, 0.3) is 0 Å². The van der Waals surface area contributed by atoms with Crippen molar-refractivity contribution >= 4 is 23.7 Å². The Bertz CT molecular complexity index is 594. The van der Waals surface area contributed by atoms with E-state index in [-0.39, 0.29) is 25.7 Å². The number of rotatable bonds is 28. The average Bonchev–Trinajstić information content (AvgIpc) is 2.91. The molecule has 228 valence electrons. The van der Waals surface area contributed by atoms with E-state index in [1.54, 1.807) is 0 Å². The average molecular weight is 553 g/mol. The summed E-state index contributed by atoms with van der Waals surface area (Å²) in [5.74, 6) is -1.08. The standard InChI is InChI=1S/C32H60N2O5/c1-3-5-7-9-11-13-15-17-19-21-27-33-29(23-25-31(35)36)39-30(24-26-32(37)38)34-28-22-20-18-16-14-12-10-8-6-4-2/h3-28H2,1-2H3,(H,35,36)(H,37,38). The van der Waals surface area contributed by atoms with Crippen molar-refractivity contribution in [1.29, 1.82) is 0 Å². The molecule has 7 nitrogen and oxygen atoms in total. The fourth-order valence-electron chi connectivity index (χ4n) is 4.49. The van der Waals surface area contributed by atoms with Gasteiger partial charge in [-0.15, -0.1) is 0 Å². The van der Waals surface area contributed by atoms with Crippen LogP contribution in [0.4, 0.5) is 0 Å². The van der Waals surface area contributed by atoms with Gasteiger partial charge >= 0.3 is 11.9 Å². The topological polar surface area (TPSA) is 109 Å². The van der Waals surface area contributed by atoms with E-state index in [0.717, 1.165) is 25.7 Å². The van der Waals surface area contributed by atoms with Crippen LogP contribution in [0.1, 0.15) is 168 Å². The molecule has 0 aliphatic rings. The molecule has 0 atom stereocenters. The molecule has 0 aliphatic carbocycles. The zero-order chi connectivity index (χ0) is 28.8. The molecule has 0 heterocycles. The fraction of sp³-hybridized carbons (Fsp3) is 0.875. The molecule has 39 heavy (non-hydrogen) atoms. The smallest absolute Gasteiger partial charge is 0.303 e. The molecule has 0 rings (SSSR count). The SMILES string of the molecule is CCCCCCCCCCCCN=C(CCC(=O)O)OC(CCC(=O)O)=NCCCCCCCCCCCC. The summed E-state index contributed by atoms with van der Waals surface area (Å²) in [5, 5.41) is 18.3. The largest absolute Gasteiger partial charge is 0.481 e. The number of carboxylic acids is 2. The molecule has 0 radical (unpaired) electrons. The Kier molecular flexibility index (Phi) is 27.6. The van der Waals surface area contributed by atoms with Gasteiger partial charge < -0.3 is 14.9 Å². The summed E-state index contributed by atoms with van der Waals surface area (Å²) in [7, 11) is 0. The van der Waals surface area contributed by atoms with Crippen molar-refractivity contribution in [1.82, 2.24) is 0 Å². The van der Waals surface area contributed by atoms with Gasteiger partial charge in [-0.3, -0.25) is 19.6 Å². The summed E-state index contributed by atoms with van der Waals surface area (Å²) >= 11 is 0. The van der Waals surface area contributed by atoms with E-state index in [1.807, 2.05) is 0 Å². The Labute approximate surface area is 239 Å². The first-order valence-corrected chi connectivity index (χ1v) is 16.2. The molecule has 0 fully saturated rings. The lowest BCUT2D eigenvalue weighted by Crippen LogP contribution is -2.16. The van der Waals surface area contributed by atoms with Crippen molar-refractivity contribution in [3.63, 3.8) is 0 Å². The van der Waals surface area contributed by atoms with Gasteiger partial charge in [-0.25, -0.2) is 0 Å². The van der Waals surface area contributed by atoms with Crippen LogP contribution in [0.15, 0.2) is 9.98 Å². The monoisotopic (exact) mass is 552 g/mol. The van der Waals surface area contributed by atoms with Crippen molar-refractivity contribution in [3.05, 3.63) is 0 Å². The lowest BCUT2D eigenvalue weighted by atomic mass is 10.1. The number of unbranched alkanes of at least 4 members (excludes halogenated alkanes) is 18. The van der Waals surface area contributed by atoms with Crippen LogP contribution < -0.4 is 0 Å². The number of hydrogen-bond acceptors (Lipinski definition) is 5. The Hall–Kier alpha value is -1.92. The zero-order valence-corrected chi connectivity index (χ0v) is 25.4. The van der Waals surface area contributed by atoms with Gasteiger partial charge in [-0.2, -0.15) is 0 Å². The summed E-state index contributed by atoms with van der Waals surface area (Å²) in [5.41, 5.74) is 0. The number of aliphatic carboxylic acids is 2. The van der Waals surface area contributed by atoms with E-state index in [2.05, 4.69) is 23.8 Å². The maximum Gasteiger partial charge on any atom is 0.303 e. The van der Waals surface area contributed by atoms with Crippen LogP contribution in [-0.2, 0) is 14.3 Å².